The summed E-state index contributed by atoms with van der Waals surface area (Å²) < 4.78 is 10.5. The minimum atomic E-state index is -0.937. The second-order valence-corrected chi connectivity index (χ2v) is 3.89. The lowest BCUT2D eigenvalue weighted by atomic mass is 9.97. The molecule has 0 bridgehead atoms. The molecule has 1 aromatic carbocycles. The number of benzene rings is 1. The summed E-state index contributed by atoms with van der Waals surface area (Å²) in [6.45, 7) is 5.75. The molecule has 0 spiro atoms. The SMILES string of the molecule is CCOCCOCC(C)(O)c1ccccc1. The first-order chi connectivity index (χ1) is 7.67. The third-order valence-corrected chi connectivity index (χ3v) is 2.35. The van der Waals surface area contributed by atoms with Crippen LogP contribution in [0.2, 0.25) is 0 Å². The highest BCUT2D eigenvalue weighted by Crippen LogP contribution is 2.20. The third kappa shape index (κ3) is 4.31. The lowest BCUT2D eigenvalue weighted by Gasteiger charge is -2.23. The molecule has 0 fully saturated rings. The van der Waals surface area contributed by atoms with Gasteiger partial charge in [-0.3, -0.25) is 0 Å². The van der Waals surface area contributed by atoms with Gasteiger partial charge in [-0.05, 0) is 19.4 Å². The molecule has 1 aromatic rings. The number of hydrogen-bond acceptors (Lipinski definition) is 3. The number of rotatable bonds is 7. The summed E-state index contributed by atoms with van der Waals surface area (Å²) in [5.74, 6) is 0. The zero-order chi connectivity index (χ0) is 11.9. The van der Waals surface area contributed by atoms with Gasteiger partial charge in [-0.25, -0.2) is 0 Å². The van der Waals surface area contributed by atoms with Crippen LogP contribution in [-0.4, -0.2) is 31.5 Å². The topological polar surface area (TPSA) is 38.7 Å². The van der Waals surface area contributed by atoms with Crippen molar-refractivity contribution in [1.29, 1.82) is 0 Å². The molecule has 0 aliphatic heterocycles. The Hall–Kier alpha value is -0.900. The average molecular weight is 224 g/mol. The molecular weight excluding hydrogens is 204 g/mol. The van der Waals surface area contributed by atoms with Crippen molar-refractivity contribution in [3.05, 3.63) is 35.9 Å². The first-order valence-corrected chi connectivity index (χ1v) is 5.60. The second kappa shape index (κ2) is 6.63. The fourth-order valence-electron chi connectivity index (χ4n) is 1.41. The summed E-state index contributed by atoms with van der Waals surface area (Å²) in [6, 6.07) is 9.53. The van der Waals surface area contributed by atoms with Gasteiger partial charge in [-0.1, -0.05) is 30.3 Å². The Kier molecular flexibility index (Phi) is 5.46. The first-order valence-electron chi connectivity index (χ1n) is 5.60. The molecular formula is C13H20O3. The van der Waals surface area contributed by atoms with Gasteiger partial charge in [0.05, 0.1) is 19.8 Å². The standard InChI is InChI=1S/C13H20O3/c1-3-15-9-10-16-11-13(2,14)12-7-5-4-6-8-12/h4-8,14H,3,9-11H2,1-2H3. The molecule has 90 valence electrons. The van der Waals surface area contributed by atoms with E-state index in [1.54, 1.807) is 6.92 Å². The van der Waals surface area contributed by atoms with Crippen LogP contribution in [0.4, 0.5) is 0 Å². The predicted octanol–water partition coefficient (Wildman–Crippen LogP) is 1.95. The molecule has 0 aliphatic carbocycles. The van der Waals surface area contributed by atoms with E-state index < -0.39 is 5.60 Å². The summed E-state index contributed by atoms with van der Waals surface area (Å²) in [5.41, 5.74) is -0.0700. The van der Waals surface area contributed by atoms with E-state index >= 15 is 0 Å². The molecule has 1 rings (SSSR count). The fourth-order valence-corrected chi connectivity index (χ4v) is 1.41. The molecule has 1 unspecified atom stereocenters. The lowest BCUT2D eigenvalue weighted by Crippen LogP contribution is -2.28. The Morgan fingerprint density at radius 2 is 1.75 bits per heavy atom. The van der Waals surface area contributed by atoms with E-state index in [1.807, 2.05) is 37.3 Å². The van der Waals surface area contributed by atoms with Crippen LogP contribution >= 0.6 is 0 Å². The van der Waals surface area contributed by atoms with Crippen molar-refractivity contribution in [3.8, 4) is 0 Å². The molecule has 0 aromatic heterocycles. The van der Waals surface area contributed by atoms with Gasteiger partial charge in [-0.2, -0.15) is 0 Å². The largest absolute Gasteiger partial charge is 0.383 e. The second-order valence-electron chi connectivity index (χ2n) is 3.89. The van der Waals surface area contributed by atoms with E-state index in [9.17, 15) is 5.11 Å². The van der Waals surface area contributed by atoms with Crippen molar-refractivity contribution in [1.82, 2.24) is 0 Å². The van der Waals surface area contributed by atoms with Crippen LogP contribution in [0.3, 0.4) is 0 Å². The molecule has 1 atom stereocenters. The Morgan fingerprint density at radius 3 is 2.38 bits per heavy atom. The number of hydrogen-bond donors (Lipinski definition) is 1. The lowest BCUT2D eigenvalue weighted by molar-refractivity contribution is -0.0505. The van der Waals surface area contributed by atoms with E-state index in [2.05, 4.69) is 0 Å². The zero-order valence-corrected chi connectivity index (χ0v) is 9.98. The van der Waals surface area contributed by atoms with Crippen LogP contribution in [0.25, 0.3) is 0 Å². The van der Waals surface area contributed by atoms with Gasteiger partial charge in [0.2, 0.25) is 0 Å². The molecule has 0 saturated carbocycles. The van der Waals surface area contributed by atoms with Gasteiger partial charge in [0.25, 0.3) is 0 Å². The van der Waals surface area contributed by atoms with Crippen molar-refractivity contribution in [3.63, 3.8) is 0 Å². The highest BCUT2D eigenvalue weighted by Gasteiger charge is 2.22. The maximum absolute atomic E-state index is 10.2. The highest BCUT2D eigenvalue weighted by molar-refractivity contribution is 5.21. The molecule has 0 radical (unpaired) electrons. The summed E-state index contributed by atoms with van der Waals surface area (Å²) >= 11 is 0. The quantitative estimate of drug-likeness (QED) is 0.719. The maximum Gasteiger partial charge on any atom is 0.110 e. The van der Waals surface area contributed by atoms with Crippen molar-refractivity contribution >= 4 is 0 Å². The van der Waals surface area contributed by atoms with Crippen molar-refractivity contribution < 1.29 is 14.6 Å². The Bertz CT molecular complexity index is 282. The van der Waals surface area contributed by atoms with Crippen LogP contribution in [0.15, 0.2) is 30.3 Å². The predicted molar refractivity (Wildman–Crippen MR) is 63.3 cm³/mol. The molecule has 0 saturated heterocycles. The zero-order valence-electron chi connectivity index (χ0n) is 9.98. The third-order valence-electron chi connectivity index (χ3n) is 2.35. The van der Waals surface area contributed by atoms with E-state index in [1.165, 1.54) is 0 Å². The summed E-state index contributed by atoms with van der Waals surface area (Å²) in [6.07, 6.45) is 0. The van der Waals surface area contributed by atoms with Gasteiger partial charge in [-0.15, -0.1) is 0 Å². The highest BCUT2D eigenvalue weighted by atomic mass is 16.5. The van der Waals surface area contributed by atoms with Gasteiger partial charge in [0, 0.05) is 6.61 Å². The fraction of sp³-hybridized carbons (Fsp3) is 0.538. The molecule has 3 nitrogen and oxygen atoms in total. The Morgan fingerprint density at radius 1 is 1.12 bits per heavy atom. The Labute approximate surface area is 97.0 Å². The van der Waals surface area contributed by atoms with Crippen molar-refractivity contribution in [2.45, 2.75) is 19.4 Å². The monoisotopic (exact) mass is 224 g/mol. The van der Waals surface area contributed by atoms with E-state index in [0.29, 0.717) is 19.8 Å². The van der Waals surface area contributed by atoms with Crippen LogP contribution in [0, 0.1) is 0 Å². The summed E-state index contributed by atoms with van der Waals surface area (Å²) in [4.78, 5) is 0. The van der Waals surface area contributed by atoms with Gasteiger partial charge in [0.15, 0.2) is 0 Å². The minimum Gasteiger partial charge on any atom is -0.383 e. The maximum atomic E-state index is 10.2. The van der Waals surface area contributed by atoms with E-state index in [-0.39, 0.29) is 6.61 Å². The average Bonchev–Trinajstić information content (AvgIpc) is 2.30. The first kappa shape index (κ1) is 13.2. The number of ether oxygens (including phenoxy) is 2. The summed E-state index contributed by atoms with van der Waals surface area (Å²) in [5, 5.41) is 10.2. The molecule has 16 heavy (non-hydrogen) atoms. The molecule has 0 aliphatic rings. The van der Waals surface area contributed by atoms with Crippen LogP contribution in [0.5, 0.6) is 0 Å². The van der Waals surface area contributed by atoms with Crippen molar-refractivity contribution in [2.75, 3.05) is 26.4 Å². The van der Waals surface area contributed by atoms with Gasteiger partial charge in [0.1, 0.15) is 5.60 Å². The van der Waals surface area contributed by atoms with Crippen LogP contribution < -0.4 is 0 Å². The van der Waals surface area contributed by atoms with Gasteiger partial charge >= 0.3 is 0 Å². The molecule has 0 amide bonds. The van der Waals surface area contributed by atoms with E-state index in [4.69, 9.17) is 9.47 Å². The van der Waals surface area contributed by atoms with E-state index in [0.717, 1.165) is 5.56 Å². The van der Waals surface area contributed by atoms with Gasteiger partial charge < -0.3 is 14.6 Å². The Balaban J connectivity index is 2.35. The summed E-state index contributed by atoms with van der Waals surface area (Å²) in [7, 11) is 0. The van der Waals surface area contributed by atoms with Crippen molar-refractivity contribution in [2.24, 2.45) is 0 Å². The molecule has 0 heterocycles. The minimum absolute atomic E-state index is 0.282. The van der Waals surface area contributed by atoms with Crippen LogP contribution in [0.1, 0.15) is 19.4 Å². The molecule has 1 N–H and O–H groups in total. The number of aliphatic hydroxyl groups is 1. The van der Waals surface area contributed by atoms with Crippen LogP contribution in [-0.2, 0) is 15.1 Å². The molecule has 3 heteroatoms. The smallest absolute Gasteiger partial charge is 0.110 e. The normalized spacial score (nSPS) is 14.7.